The van der Waals surface area contributed by atoms with E-state index in [1.807, 2.05) is 77.7 Å². The van der Waals surface area contributed by atoms with Crippen molar-refractivity contribution < 1.29 is 13.9 Å². The molecule has 0 saturated carbocycles. The first kappa shape index (κ1) is 20.0. The maximum atomic E-state index is 13.4. The summed E-state index contributed by atoms with van der Waals surface area (Å²) in [6.07, 6.45) is 1.68. The van der Waals surface area contributed by atoms with Gasteiger partial charge in [-0.05, 0) is 62.4 Å². The molecule has 160 valence electrons. The molecule has 0 aliphatic carbocycles. The monoisotopic (exact) mass is 427 g/mol. The van der Waals surface area contributed by atoms with E-state index < -0.39 is 0 Å². The Labute approximate surface area is 184 Å². The van der Waals surface area contributed by atoms with Crippen molar-refractivity contribution in [1.29, 1.82) is 0 Å². The van der Waals surface area contributed by atoms with Gasteiger partial charge in [-0.3, -0.25) is 4.98 Å². The van der Waals surface area contributed by atoms with E-state index in [1.165, 1.54) is 12.1 Å². The van der Waals surface area contributed by atoms with Crippen LogP contribution in [-0.2, 0) is 11.3 Å². The first-order valence-corrected chi connectivity index (χ1v) is 10.5. The Kier molecular flexibility index (Phi) is 4.98. The second kappa shape index (κ2) is 7.96. The van der Waals surface area contributed by atoms with Gasteiger partial charge in [0.05, 0.1) is 34.9 Å². The van der Waals surface area contributed by atoms with Gasteiger partial charge >= 0.3 is 5.97 Å². The van der Waals surface area contributed by atoms with Crippen molar-refractivity contribution in [2.24, 2.45) is 0 Å². The fourth-order valence-electron chi connectivity index (χ4n) is 3.94. The predicted molar refractivity (Wildman–Crippen MR) is 123 cm³/mol. The van der Waals surface area contributed by atoms with E-state index in [-0.39, 0.29) is 17.9 Å². The molecule has 6 heteroatoms. The molecule has 0 bridgehead atoms. The van der Waals surface area contributed by atoms with Crippen LogP contribution in [0.5, 0.6) is 0 Å². The van der Waals surface area contributed by atoms with Crippen molar-refractivity contribution in [3.05, 3.63) is 96.2 Å². The Morgan fingerprint density at radius 3 is 2.56 bits per heavy atom. The van der Waals surface area contributed by atoms with Crippen LogP contribution in [-0.4, -0.2) is 26.2 Å². The van der Waals surface area contributed by atoms with Crippen molar-refractivity contribution in [1.82, 2.24) is 14.1 Å². The number of carbonyl (C=O) groups is 1. The number of esters is 1. The van der Waals surface area contributed by atoms with Crippen LogP contribution in [0, 0.1) is 5.82 Å². The van der Waals surface area contributed by atoms with Crippen LogP contribution in [0.15, 0.2) is 79.0 Å². The molecule has 0 unspecified atom stereocenters. The van der Waals surface area contributed by atoms with Gasteiger partial charge in [0.15, 0.2) is 0 Å². The van der Waals surface area contributed by atoms with Gasteiger partial charge in [0.25, 0.3) is 0 Å². The van der Waals surface area contributed by atoms with Gasteiger partial charge in [-0.2, -0.15) is 0 Å². The number of fused-ring (bicyclic) bond motifs is 2. The van der Waals surface area contributed by atoms with Gasteiger partial charge in [0.1, 0.15) is 11.5 Å². The number of pyridine rings is 1. The van der Waals surface area contributed by atoms with E-state index in [1.54, 1.807) is 12.1 Å². The third kappa shape index (κ3) is 3.64. The Bertz CT molecular complexity index is 1430. The van der Waals surface area contributed by atoms with E-state index in [0.717, 1.165) is 33.3 Å². The van der Waals surface area contributed by atoms with Gasteiger partial charge in [0, 0.05) is 17.3 Å². The number of halogens is 1. The lowest BCUT2D eigenvalue weighted by atomic mass is 10.2. The Balaban J connectivity index is 1.62. The SMILES string of the molecule is CC(C)OC(=O)c1cc2c(ccn2-c2ccc(F)cc2)n1Cc1ccc2ccccc2n1. The van der Waals surface area contributed by atoms with Gasteiger partial charge in [-0.15, -0.1) is 0 Å². The Morgan fingerprint density at radius 2 is 1.78 bits per heavy atom. The van der Waals surface area contributed by atoms with Crippen molar-refractivity contribution in [2.45, 2.75) is 26.5 Å². The molecule has 0 amide bonds. The number of carbonyl (C=O) groups excluding carboxylic acids is 1. The molecule has 32 heavy (non-hydrogen) atoms. The summed E-state index contributed by atoms with van der Waals surface area (Å²) in [6.45, 7) is 4.08. The number of hydrogen-bond donors (Lipinski definition) is 0. The molecule has 5 nitrogen and oxygen atoms in total. The highest BCUT2D eigenvalue weighted by Gasteiger charge is 2.21. The molecule has 0 N–H and O–H groups in total. The van der Waals surface area contributed by atoms with E-state index in [4.69, 9.17) is 9.72 Å². The van der Waals surface area contributed by atoms with Crippen molar-refractivity contribution in [2.75, 3.05) is 0 Å². The van der Waals surface area contributed by atoms with E-state index in [0.29, 0.717) is 12.2 Å². The largest absolute Gasteiger partial charge is 0.458 e. The van der Waals surface area contributed by atoms with E-state index in [9.17, 15) is 9.18 Å². The number of nitrogens with zero attached hydrogens (tertiary/aromatic N) is 3. The van der Waals surface area contributed by atoms with E-state index in [2.05, 4.69) is 0 Å². The fourth-order valence-corrected chi connectivity index (χ4v) is 3.94. The topological polar surface area (TPSA) is 49.0 Å². The quantitative estimate of drug-likeness (QED) is 0.337. The molecule has 3 heterocycles. The van der Waals surface area contributed by atoms with Crippen LogP contribution in [0.25, 0.3) is 27.6 Å². The zero-order chi connectivity index (χ0) is 22.2. The summed E-state index contributed by atoms with van der Waals surface area (Å²) in [5.41, 5.74) is 4.73. The molecule has 0 aliphatic heterocycles. The molecule has 2 aromatic carbocycles. The second-order valence-electron chi connectivity index (χ2n) is 8.00. The molecule has 0 aliphatic rings. The van der Waals surface area contributed by atoms with Crippen LogP contribution in [0.1, 0.15) is 30.0 Å². The first-order valence-electron chi connectivity index (χ1n) is 10.5. The van der Waals surface area contributed by atoms with Crippen LogP contribution >= 0.6 is 0 Å². The molecule has 5 aromatic rings. The number of hydrogen-bond acceptors (Lipinski definition) is 3. The van der Waals surface area contributed by atoms with Crippen LogP contribution in [0.2, 0.25) is 0 Å². The van der Waals surface area contributed by atoms with Crippen molar-refractivity contribution in [3.63, 3.8) is 0 Å². The minimum atomic E-state index is -0.386. The summed E-state index contributed by atoms with van der Waals surface area (Å²) in [5, 5.41) is 1.07. The summed E-state index contributed by atoms with van der Waals surface area (Å²) in [7, 11) is 0. The predicted octanol–water partition coefficient (Wildman–Crippen LogP) is 5.73. The molecule has 0 atom stereocenters. The summed E-state index contributed by atoms with van der Waals surface area (Å²) < 4.78 is 22.8. The first-order chi connectivity index (χ1) is 15.5. The summed E-state index contributed by atoms with van der Waals surface area (Å²) >= 11 is 0. The molecule has 5 rings (SSSR count). The lowest BCUT2D eigenvalue weighted by Crippen LogP contribution is -2.16. The van der Waals surface area contributed by atoms with Crippen molar-refractivity contribution >= 4 is 27.9 Å². The smallest absolute Gasteiger partial charge is 0.355 e. The molecule has 3 aromatic heterocycles. The summed E-state index contributed by atoms with van der Waals surface area (Å²) in [6, 6.07) is 22.0. The van der Waals surface area contributed by atoms with Crippen LogP contribution in [0.4, 0.5) is 4.39 Å². The Morgan fingerprint density at radius 1 is 1.00 bits per heavy atom. The van der Waals surface area contributed by atoms with Gasteiger partial charge in [-0.25, -0.2) is 9.18 Å². The standard InChI is InChI=1S/C26H22FN3O2/c1-17(2)32-26(31)25-15-24-23(13-14-29(24)21-11-8-19(27)9-12-21)30(25)16-20-10-7-18-5-3-4-6-22(18)28-20/h3-15,17H,16H2,1-2H3. The minimum Gasteiger partial charge on any atom is -0.458 e. The molecule has 0 fully saturated rings. The summed E-state index contributed by atoms with van der Waals surface area (Å²) in [5.74, 6) is -0.680. The highest BCUT2D eigenvalue weighted by atomic mass is 19.1. The Hall–Kier alpha value is -3.93. The third-order valence-corrected chi connectivity index (χ3v) is 5.39. The lowest BCUT2D eigenvalue weighted by molar-refractivity contribution is 0.0366. The van der Waals surface area contributed by atoms with E-state index >= 15 is 0 Å². The average molecular weight is 427 g/mol. The van der Waals surface area contributed by atoms with Crippen LogP contribution < -0.4 is 0 Å². The maximum absolute atomic E-state index is 13.4. The average Bonchev–Trinajstić information content (AvgIpc) is 3.34. The van der Waals surface area contributed by atoms with Crippen LogP contribution in [0.3, 0.4) is 0 Å². The molecule has 0 spiro atoms. The second-order valence-corrected chi connectivity index (χ2v) is 8.00. The number of aromatic nitrogens is 3. The minimum absolute atomic E-state index is 0.233. The highest BCUT2D eigenvalue weighted by molar-refractivity contribution is 5.95. The third-order valence-electron chi connectivity index (χ3n) is 5.39. The van der Waals surface area contributed by atoms with Gasteiger partial charge < -0.3 is 13.9 Å². The number of ether oxygens (including phenoxy) is 1. The van der Waals surface area contributed by atoms with Crippen molar-refractivity contribution in [3.8, 4) is 5.69 Å². The summed E-state index contributed by atoms with van der Waals surface area (Å²) in [4.78, 5) is 17.7. The highest BCUT2D eigenvalue weighted by Crippen LogP contribution is 2.27. The maximum Gasteiger partial charge on any atom is 0.355 e. The molecule has 0 radical (unpaired) electrons. The zero-order valence-corrected chi connectivity index (χ0v) is 17.8. The fraction of sp³-hybridized carbons (Fsp3) is 0.154. The van der Waals surface area contributed by atoms with Gasteiger partial charge in [0.2, 0.25) is 0 Å². The molecule has 0 saturated heterocycles. The molecular formula is C26H22FN3O2. The lowest BCUT2D eigenvalue weighted by Gasteiger charge is -2.12. The van der Waals surface area contributed by atoms with Gasteiger partial charge in [-0.1, -0.05) is 24.3 Å². The number of para-hydroxylation sites is 1. The normalized spacial score (nSPS) is 11.5. The number of benzene rings is 2. The molecular weight excluding hydrogens is 405 g/mol. The zero-order valence-electron chi connectivity index (χ0n) is 17.8. The number of rotatable bonds is 5.